The first-order chi connectivity index (χ1) is 9.25. The molecule has 0 unspecified atom stereocenters. The van der Waals surface area contributed by atoms with Crippen molar-refractivity contribution in [2.24, 2.45) is 0 Å². The van der Waals surface area contributed by atoms with Crippen LogP contribution >= 0.6 is 0 Å². The molecule has 0 aliphatic carbocycles. The molecule has 3 aromatic rings. The van der Waals surface area contributed by atoms with Gasteiger partial charge in [-0.25, -0.2) is 9.78 Å². The number of benzene rings is 1. The van der Waals surface area contributed by atoms with Crippen LogP contribution in [-0.2, 0) is 0 Å². The van der Waals surface area contributed by atoms with E-state index in [-0.39, 0.29) is 5.69 Å². The topological polar surface area (TPSA) is 92.0 Å². The molecule has 2 N–H and O–H groups in total. The lowest BCUT2D eigenvalue weighted by Crippen LogP contribution is -1.95. The highest BCUT2D eigenvalue weighted by Gasteiger charge is 2.14. The van der Waals surface area contributed by atoms with Crippen LogP contribution in [-0.4, -0.2) is 26.3 Å². The summed E-state index contributed by atoms with van der Waals surface area (Å²) in [5.74, 6) is -0.581. The average molecular weight is 255 g/mol. The highest BCUT2D eigenvalue weighted by Crippen LogP contribution is 2.29. The van der Waals surface area contributed by atoms with Crippen molar-refractivity contribution in [1.29, 1.82) is 0 Å². The van der Waals surface area contributed by atoms with E-state index in [9.17, 15) is 4.79 Å². The predicted octanol–water partition coefficient (Wildman–Crippen LogP) is 2.43. The number of nitrogens with zero attached hydrogens (tertiary/aromatic N) is 2. The van der Waals surface area contributed by atoms with E-state index in [0.29, 0.717) is 11.6 Å². The highest BCUT2D eigenvalue weighted by atomic mass is 16.4. The molecule has 0 spiro atoms. The molecule has 0 fully saturated rings. The van der Waals surface area contributed by atoms with Crippen LogP contribution in [0.4, 0.5) is 0 Å². The van der Waals surface area contributed by atoms with Crippen LogP contribution in [0.25, 0.3) is 22.7 Å². The number of carboxylic acids is 1. The molecule has 0 amide bonds. The van der Waals surface area contributed by atoms with Gasteiger partial charge in [0.1, 0.15) is 12.0 Å². The first-order valence-electron chi connectivity index (χ1n) is 5.53. The first-order valence-corrected chi connectivity index (χ1v) is 5.53. The van der Waals surface area contributed by atoms with Crippen LogP contribution in [0.15, 0.2) is 47.2 Å². The Balaban J connectivity index is 2.12. The molecule has 94 valence electrons. The Morgan fingerprint density at radius 2 is 2.05 bits per heavy atom. The average Bonchev–Trinajstić information content (AvgIpc) is 3.10. The van der Waals surface area contributed by atoms with Crippen LogP contribution in [0.2, 0.25) is 0 Å². The maximum absolute atomic E-state index is 10.9. The summed E-state index contributed by atoms with van der Waals surface area (Å²) in [4.78, 5) is 15.0. The van der Waals surface area contributed by atoms with Crippen molar-refractivity contribution in [1.82, 2.24) is 15.2 Å². The molecule has 0 atom stereocenters. The Bertz CT molecular complexity index is 716. The molecule has 2 aromatic heterocycles. The third-order valence-corrected chi connectivity index (χ3v) is 2.67. The number of aromatic carboxylic acids is 1. The summed E-state index contributed by atoms with van der Waals surface area (Å²) in [5, 5.41) is 15.4. The van der Waals surface area contributed by atoms with Crippen molar-refractivity contribution in [3.63, 3.8) is 0 Å². The van der Waals surface area contributed by atoms with Crippen molar-refractivity contribution in [3.8, 4) is 22.7 Å². The largest absolute Gasteiger partial charge is 0.477 e. The second kappa shape index (κ2) is 4.41. The van der Waals surface area contributed by atoms with Gasteiger partial charge >= 0.3 is 5.97 Å². The quantitative estimate of drug-likeness (QED) is 0.749. The Hall–Kier alpha value is -2.89. The fraction of sp³-hybridized carbons (Fsp3) is 0. The molecule has 0 aliphatic rings. The van der Waals surface area contributed by atoms with E-state index in [1.807, 2.05) is 24.3 Å². The van der Waals surface area contributed by atoms with Gasteiger partial charge in [-0.3, -0.25) is 5.10 Å². The Labute approximate surface area is 107 Å². The molecule has 0 saturated carbocycles. The van der Waals surface area contributed by atoms with Gasteiger partial charge in [-0.1, -0.05) is 18.2 Å². The lowest BCUT2D eigenvalue weighted by atomic mass is 10.0. The number of hydrogen-bond donors (Lipinski definition) is 2. The van der Waals surface area contributed by atoms with Crippen LogP contribution in [0.1, 0.15) is 10.5 Å². The van der Waals surface area contributed by atoms with E-state index in [1.165, 1.54) is 12.3 Å². The van der Waals surface area contributed by atoms with Gasteiger partial charge in [-0.15, -0.1) is 0 Å². The van der Waals surface area contributed by atoms with Gasteiger partial charge in [0, 0.05) is 11.1 Å². The number of nitrogens with one attached hydrogen (secondary N) is 1. The van der Waals surface area contributed by atoms with Crippen molar-refractivity contribution in [2.75, 3.05) is 0 Å². The second-order valence-electron chi connectivity index (χ2n) is 3.85. The zero-order chi connectivity index (χ0) is 13.2. The van der Waals surface area contributed by atoms with E-state index in [1.54, 1.807) is 6.20 Å². The Morgan fingerprint density at radius 1 is 1.26 bits per heavy atom. The normalized spacial score (nSPS) is 10.5. The molecular weight excluding hydrogens is 246 g/mol. The third-order valence-electron chi connectivity index (χ3n) is 2.67. The minimum atomic E-state index is -1.05. The van der Waals surface area contributed by atoms with Crippen LogP contribution in [0, 0.1) is 0 Å². The fourth-order valence-corrected chi connectivity index (χ4v) is 1.82. The maximum Gasteiger partial charge on any atom is 0.353 e. The summed E-state index contributed by atoms with van der Waals surface area (Å²) < 4.78 is 5.27. The molecule has 6 nitrogen and oxygen atoms in total. The molecule has 0 saturated heterocycles. The van der Waals surface area contributed by atoms with Crippen molar-refractivity contribution < 1.29 is 14.3 Å². The number of carboxylic acid groups (broad SMARTS) is 1. The van der Waals surface area contributed by atoms with Gasteiger partial charge < -0.3 is 9.52 Å². The smallest absolute Gasteiger partial charge is 0.353 e. The Kier molecular flexibility index (Phi) is 2.60. The highest BCUT2D eigenvalue weighted by molar-refractivity contribution is 5.88. The Morgan fingerprint density at radius 3 is 2.68 bits per heavy atom. The zero-order valence-electron chi connectivity index (χ0n) is 9.70. The maximum atomic E-state index is 10.9. The molecule has 0 bridgehead atoms. The minimum absolute atomic E-state index is 0.0391. The number of aromatic amines is 1. The third kappa shape index (κ3) is 1.99. The lowest BCUT2D eigenvalue weighted by molar-refractivity contribution is 0.0690. The summed E-state index contributed by atoms with van der Waals surface area (Å²) in [6, 6.07) is 8.85. The van der Waals surface area contributed by atoms with Crippen LogP contribution in [0.3, 0.4) is 0 Å². The molecule has 6 heteroatoms. The van der Waals surface area contributed by atoms with Crippen LogP contribution in [0.5, 0.6) is 0 Å². The fourth-order valence-electron chi connectivity index (χ4n) is 1.82. The van der Waals surface area contributed by atoms with Gasteiger partial charge in [0.2, 0.25) is 5.89 Å². The number of hydrogen-bond acceptors (Lipinski definition) is 4. The van der Waals surface area contributed by atoms with E-state index in [2.05, 4.69) is 15.2 Å². The standard InChI is InChI=1S/C13H9N3O3/c17-13(18)11-7-10(15-16-11)8-3-1-2-4-9(8)12-14-5-6-19-12/h1-7H,(H,15,16)(H,17,18). The SMILES string of the molecule is O=C(O)c1cc(-c2ccccc2-c2ncco2)n[nH]1. The molecule has 19 heavy (non-hydrogen) atoms. The van der Waals surface area contributed by atoms with Gasteiger partial charge in [-0.2, -0.15) is 5.10 Å². The monoisotopic (exact) mass is 255 g/mol. The van der Waals surface area contributed by atoms with E-state index in [4.69, 9.17) is 9.52 Å². The molecule has 0 aliphatic heterocycles. The van der Waals surface area contributed by atoms with Gasteiger partial charge in [0.15, 0.2) is 0 Å². The molecule has 1 aromatic carbocycles. The summed E-state index contributed by atoms with van der Waals surface area (Å²) in [6.07, 6.45) is 3.04. The van der Waals surface area contributed by atoms with Crippen molar-refractivity contribution >= 4 is 5.97 Å². The van der Waals surface area contributed by atoms with E-state index >= 15 is 0 Å². The van der Waals surface area contributed by atoms with E-state index in [0.717, 1.165) is 11.1 Å². The van der Waals surface area contributed by atoms with Crippen LogP contribution < -0.4 is 0 Å². The van der Waals surface area contributed by atoms with Crippen molar-refractivity contribution in [3.05, 3.63) is 48.5 Å². The molecular formula is C13H9N3O3. The minimum Gasteiger partial charge on any atom is -0.477 e. The second-order valence-corrected chi connectivity index (χ2v) is 3.85. The van der Waals surface area contributed by atoms with Gasteiger partial charge in [0.25, 0.3) is 0 Å². The summed E-state index contributed by atoms with van der Waals surface area (Å²) >= 11 is 0. The number of carbonyl (C=O) groups is 1. The van der Waals surface area contributed by atoms with E-state index < -0.39 is 5.97 Å². The molecule has 0 radical (unpaired) electrons. The lowest BCUT2D eigenvalue weighted by Gasteiger charge is -2.02. The van der Waals surface area contributed by atoms with Gasteiger partial charge in [-0.05, 0) is 12.1 Å². The number of aromatic nitrogens is 3. The zero-order valence-corrected chi connectivity index (χ0v) is 9.70. The summed E-state index contributed by atoms with van der Waals surface area (Å²) in [5.41, 5.74) is 2.09. The first kappa shape index (κ1) is 11.2. The molecule has 3 rings (SSSR count). The predicted molar refractivity (Wildman–Crippen MR) is 66.5 cm³/mol. The van der Waals surface area contributed by atoms with Gasteiger partial charge in [0.05, 0.1) is 11.9 Å². The number of H-pyrrole nitrogens is 1. The summed E-state index contributed by atoms with van der Waals surface area (Å²) in [6.45, 7) is 0. The number of oxazole rings is 1. The van der Waals surface area contributed by atoms with Crippen molar-refractivity contribution in [2.45, 2.75) is 0 Å². The summed E-state index contributed by atoms with van der Waals surface area (Å²) in [7, 11) is 0. The molecule has 2 heterocycles. The number of rotatable bonds is 3.